The number of benzene rings is 9. The van der Waals surface area contributed by atoms with Crippen LogP contribution in [-0.2, 0) is 6.42 Å². The van der Waals surface area contributed by atoms with Crippen LogP contribution >= 0.6 is 0 Å². The molecule has 0 amide bonds. The predicted octanol–water partition coefficient (Wildman–Crippen LogP) is 13.4. The third-order valence-electron chi connectivity index (χ3n) is 10.5. The van der Waals surface area contributed by atoms with E-state index in [1.54, 1.807) is 0 Å². The fraction of sp³-hybridized carbons (Fsp3) is 0.0417. The maximum Gasteiger partial charge on any atom is -0.00202 e. The van der Waals surface area contributed by atoms with E-state index >= 15 is 0 Å². The van der Waals surface area contributed by atoms with Crippen LogP contribution in [0.4, 0.5) is 0 Å². The fourth-order valence-corrected chi connectivity index (χ4v) is 8.38. The summed E-state index contributed by atoms with van der Waals surface area (Å²) in [4.78, 5) is 0. The molecule has 0 aliphatic heterocycles. The summed E-state index contributed by atoms with van der Waals surface area (Å²) in [7, 11) is 0. The predicted molar refractivity (Wildman–Crippen MR) is 208 cm³/mol. The largest absolute Gasteiger partial charge is 0.0836 e. The molecule has 0 unspecified atom stereocenters. The second kappa shape index (κ2) is 10.8. The summed E-state index contributed by atoms with van der Waals surface area (Å²) >= 11 is 0. The minimum absolute atomic E-state index is 1.02. The normalized spacial score (nSPS) is 12.8. The number of hydrogen-bond acceptors (Lipinski definition) is 0. The molecular weight excluding hydrogens is 577 g/mol. The van der Waals surface area contributed by atoms with Gasteiger partial charge in [-0.3, -0.25) is 0 Å². The van der Waals surface area contributed by atoms with Crippen LogP contribution in [0.3, 0.4) is 0 Å². The van der Waals surface area contributed by atoms with Gasteiger partial charge in [-0.25, -0.2) is 0 Å². The molecule has 0 fully saturated rings. The summed E-state index contributed by atoms with van der Waals surface area (Å²) in [5.74, 6) is 0. The Labute approximate surface area is 280 Å². The Morgan fingerprint density at radius 3 is 1.62 bits per heavy atom. The average Bonchev–Trinajstić information content (AvgIpc) is 3.16. The summed E-state index contributed by atoms with van der Waals surface area (Å²) < 4.78 is 0. The molecule has 0 atom stereocenters. The molecule has 0 radical (unpaired) electrons. The van der Waals surface area contributed by atoms with Crippen LogP contribution in [0.25, 0.3) is 93.3 Å². The quantitative estimate of drug-likeness (QED) is 0.138. The highest BCUT2D eigenvalue weighted by atomic mass is 14.3. The first kappa shape index (κ1) is 27.2. The lowest BCUT2D eigenvalue weighted by atomic mass is 9.80. The SMILES string of the molecule is C1=Cc2c(-c3c4ccccc4c(-c4ccccc4)c4ccccc34)ccc(-c3cc4cc5ccccc5cc4c4ccccc34)c2CC1. The topological polar surface area (TPSA) is 0 Å². The minimum Gasteiger partial charge on any atom is -0.0836 e. The maximum absolute atomic E-state index is 2.44. The molecule has 9 aromatic carbocycles. The van der Waals surface area contributed by atoms with Crippen LogP contribution in [-0.4, -0.2) is 0 Å². The second-order valence-corrected chi connectivity index (χ2v) is 13.1. The van der Waals surface area contributed by atoms with Gasteiger partial charge < -0.3 is 0 Å². The Hall–Kier alpha value is -5.98. The lowest BCUT2D eigenvalue weighted by Crippen LogP contribution is -2.02. The highest BCUT2D eigenvalue weighted by Gasteiger charge is 2.22. The first-order valence-corrected chi connectivity index (χ1v) is 17.0. The van der Waals surface area contributed by atoms with E-state index in [2.05, 4.69) is 170 Å². The summed E-state index contributed by atoms with van der Waals surface area (Å²) in [6, 6.07) is 58.5. The number of hydrogen-bond donors (Lipinski definition) is 0. The third kappa shape index (κ3) is 4.09. The third-order valence-corrected chi connectivity index (χ3v) is 10.5. The zero-order chi connectivity index (χ0) is 31.6. The van der Waals surface area contributed by atoms with Gasteiger partial charge in [0.15, 0.2) is 0 Å². The Balaban J connectivity index is 1.27. The summed E-state index contributed by atoms with van der Waals surface area (Å²) in [6.07, 6.45) is 6.83. The van der Waals surface area contributed by atoms with Crippen molar-refractivity contribution in [3.8, 4) is 33.4 Å². The van der Waals surface area contributed by atoms with Gasteiger partial charge in [0.05, 0.1) is 0 Å². The summed E-state index contributed by atoms with van der Waals surface area (Å²) in [5, 5.41) is 13.0. The van der Waals surface area contributed by atoms with Gasteiger partial charge in [-0.05, 0) is 129 Å². The molecule has 0 saturated carbocycles. The molecule has 0 N–H and O–H groups in total. The zero-order valence-corrected chi connectivity index (χ0v) is 26.6. The molecule has 9 aromatic rings. The van der Waals surface area contributed by atoms with E-state index in [4.69, 9.17) is 0 Å². The second-order valence-electron chi connectivity index (χ2n) is 13.1. The Morgan fingerprint density at radius 2 is 0.917 bits per heavy atom. The highest BCUT2D eigenvalue weighted by Crippen LogP contribution is 2.48. The van der Waals surface area contributed by atoms with Gasteiger partial charge in [0.1, 0.15) is 0 Å². The van der Waals surface area contributed by atoms with Crippen LogP contribution in [0.15, 0.2) is 164 Å². The molecule has 0 heterocycles. The van der Waals surface area contributed by atoms with Crippen molar-refractivity contribution < 1.29 is 0 Å². The fourth-order valence-electron chi connectivity index (χ4n) is 8.38. The molecule has 0 spiro atoms. The van der Waals surface area contributed by atoms with E-state index in [0.29, 0.717) is 0 Å². The highest BCUT2D eigenvalue weighted by molar-refractivity contribution is 6.22. The van der Waals surface area contributed by atoms with Gasteiger partial charge in [-0.2, -0.15) is 0 Å². The van der Waals surface area contributed by atoms with Crippen molar-refractivity contribution in [2.24, 2.45) is 0 Å². The summed E-state index contributed by atoms with van der Waals surface area (Å²) in [6.45, 7) is 0. The molecule has 10 rings (SSSR count). The van der Waals surface area contributed by atoms with Crippen molar-refractivity contribution in [3.63, 3.8) is 0 Å². The Morgan fingerprint density at radius 1 is 0.354 bits per heavy atom. The molecule has 224 valence electrons. The first-order chi connectivity index (χ1) is 23.8. The van der Waals surface area contributed by atoms with Gasteiger partial charge >= 0.3 is 0 Å². The standard InChI is InChI=1S/C48H32/c1-2-14-31(15-3-1)47-40-22-10-12-24-42(40)48(43-25-13-11-23-41(43)47)44-27-26-39(35-18-6-7-19-36(35)44)46-30-34-28-32-16-4-5-17-33(32)29-45(34)37-20-8-9-21-38(37)46/h1-5,7-17,19-30H,6,18H2. The van der Waals surface area contributed by atoms with Crippen molar-refractivity contribution >= 4 is 59.9 Å². The molecule has 0 bridgehead atoms. The van der Waals surface area contributed by atoms with E-state index < -0.39 is 0 Å². The van der Waals surface area contributed by atoms with Crippen molar-refractivity contribution in [2.75, 3.05) is 0 Å². The number of rotatable bonds is 3. The monoisotopic (exact) mass is 608 g/mol. The van der Waals surface area contributed by atoms with Crippen LogP contribution in [0.2, 0.25) is 0 Å². The number of allylic oxidation sites excluding steroid dienone is 1. The van der Waals surface area contributed by atoms with E-state index in [9.17, 15) is 0 Å². The van der Waals surface area contributed by atoms with Crippen LogP contribution < -0.4 is 0 Å². The molecule has 0 nitrogen and oxygen atoms in total. The molecule has 0 saturated heterocycles. The van der Waals surface area contributed by atoms with Gasteiger partial charge in [0.2, 0.25) is 0 Å². The molecule has 1 aliphatic carbocycles. The number of fused-ring (bicyclic) bond motifs is 7. The van der Waals surface area contributed by atoms with Crippen molar-refractivity contribution in [2.45, 2.75) is 12.8 Å². The molecule has 1 aliphatic rings. The van der Waals surface area contributed by atoms with Crippen LogP contribution in [0.1, 0.15) is 17.5 Å². The van der Waals surface area contributed by atoms with Crippen molar-refractivity contribution in [1.82, 2.24) is 0 Å². The van der Waals surface area contributed by atoms with E-state index in [1.807, 2.05) is 0 Å². The van der Waals surface area contributed by atoms with Crippen LogP contribution in [0, 0.1) is 0 Å². The molecular formula is C48H32. The van der Waals surface area contributed by atoms with Gasteiger partial charge in [-0.1, -0.05) is 152 Å². The lowest BCUT2D eigenvalue weighted by Gasteiger charge is -2.24. The van der Waals surface area contributed by atoms with E-state index in [1.165, 1.54) is 98.4 Å². The Bertz CT molecular complexity index is 2710. The van der Waals surface area contributed by atoms with Crippen LogP contribution in [0.5, 0.6) is 0 Å². The van der Waals surface area contributed by atoms with Crippen molar-refractivity contribution in [3.05, 3.63) is 175 Å². The Kier molecular flexibility index (Phi) is 6.11. The molecule has 0 heteroatoms. The van der Waals surface area contributed by atoms with E-state index in [0.717, 1.165) is 12.8 Å². The van der Waals surface area contributed by atoms with Gasteiger partial charge in [0, 0.05) is 0 Å². The maximum atomic E-state index is 2.44. The smallest absolute Gasteiger partial charge is 0.00202 e. The zero-order valence-electron chi connectivity index (χ0n) is 26.6. The van der Waals surface area contributed by atoms with E-state index in [-0.39, 0.29) is 0 Å². The molecule has 0 aromatic heterocycles. The van der Waals surface area contributed by atoms with Gasteiger partial charge in [0.25, 0.3) is 0 Å². The van der Waals surface area contributed by atoms with Gasteiger partial charge in [-0.15, -0.1) is 0 Å². The average molecular weight is 609 g/mol. The minimum atomic E-state index is 1.02. The first-order valence-electron chi connectivity index (χ1n) is 17.0. The van der Waals surface area contributed by atoms with Crippen molar-refractivity contribution in [1.29, 1.82) is 0 Å². The lowest BCUT2D eigenvalue weighted by molar-refractivity contribution is 0.989. The molecule has 48 heavy (non-hydrogen) atoms. The summed E-state index contributed by atoms with van der Waals surface area (Å²) in [5.41, 5.74) is 10.7.